The summed E-state index contributed by atoms with van der Waals surface area (Å²) < 4.78 is 42.9. The molecule has 0 aliphatic carbocycles. The number of rotatable bonds is 10. The number of thiophene rings is 1. The Kier molecular flexibility index (Phi) is 8.42. The van der Waals surface area contributed by atoms with E-state index >= 15 is 0 Å². The quantitative estimate of drug-likeness (QED) is 0.397. The second-order valence-corrected chi connectivity index (χ2v) is 8.81. The minimum atomic E-state index is -4.43. The molecule has 0 aliphatic rings. The number of anilines is 1. The van der Waals surface area contributed by atoms with Gasteiger partial charge in [-0.25, -0.2) is 4.98 Å². The molecular weight excluding hydrogens is 479 g/mol. The number of aromatic nitrogens is 1. The van der Waals surface area contributed by atoms with Crippen molar-refractivity contribution in [2.75, 3.05) is 18.5 Å². The summed E-state index contributed by atoms with van der Waals surface area (Å²) in [4.78, 5) is 29.2. The van der Waals surface area contributed by atoms with Gasteiger partial charge in [-0.3, -0.25) is 9.59 Å². The van der Waals surface area contributed by atoms with Crippen molar-refractivity contribution in [2.45, 2.75) is 25.1 Å². The minimum Gasteiger partial charge on any atom is -0.491 e. The van der Waals surface area contributed by atoms with Crippen LogP contribution in [0.5, 0.6) is 5.75 Å². The summed E-state index contributed by atoms with van der Waals surface area (Å²) in [6.07, 6.45) is -5.28. The van der Waals surface area contributed by atoms with Crippen LogP contribution in [0.2, 0.25) is 0 Å². The summed E-state index contributed by atoms with van der Waals surface area (Å²) in [7, 11) is 0. The smallest absolute Gasteiger partial charge is 0.416 e. The van der Waals surface area contributed by atoms with Crippen LogP contribution in [0.4, 0.5) is 18.3 Å². The van der Waals surface area contributed by atoms with Crippen molar-refractivity contribution in [1.82, 2.24) is 10.3 Å². The third-order valence-electron chi connectivity index (χ3n) is 4.21. The largest absolute Gasteiger partial charge is 0.491 e. The molecule has 7 nitrogen and oxygen atoms in total. The number of carbonyl (C=O) groups is 2. The van der Waals surface area contributed by atoms with Crippen molar-refractivity contribution >= 4 is 39.6 Å². The maximum Gasteiger partial charge on any atom is 0.416 e. The van der Waals surface area contributed by atoms with E-state index in [0.29, 0.717) is 10.8 Å². The Hall–Kier alpha value is -2.96. The molecule has 0 radical (unpaired) electrons. The monoisotopic (exact) mass is 499 g/mol. The van der Waals surface area contributed by atoms with Crippen LogP contribution in [0.25, 0.3) is 0 Å². The van der Waals surface area contributed by atoms with E-state index in [4.69, 9.17) is 4.74 Å². The van der Waals surface area contributed by atoms with Gasteiger partial charge in [0.15, 0.2) is 5.13 Å². The fourth-order valence-electron chi connectivity index (χ4n) is 2.63. The molecule has 0 bridgehead atoms. The van der Waals surface area contributed by atoms with Crippen molar-refractivity contribution in [3.8, 4) is 5.75 Å². The molecule has 3 rings (SSSR count). The van der Waals surface area contributed by atoms with E-state index < -0.39 is 17.8 Å². The van der Waals surface area contributed by atoms with Crippen molar-refractivity contribution in [3.05, 3.63) is 63.3 Å². The number of nitrogens with zero attached hydrogens (tertiary/aromatic N) is 1. The maximum atomic E-state index is 12.5. The molecule has 12 heteroatoms. The molecule has 1 unspecified atom stereocenters. The number of amides is 2. The van der Waals surface area contributed by atoms with Crippen LogP contribution in [-0.4, -0.2) is 41.2 Å². The molecule has 0 spiro atoms. The van der Waals surface area contributed by atoms with Gasteiger partial charge in [0.1, 0.15) is 18.5 Å². The number of aliphatic hydroxyl groups is 1. The van der Waals surface area contributed by atoms with Crippen LogP contribution in [-0.2, 0) is 28.6 Å². The molecule has 0 saturated heterocycles. The zero-order valence-electron chi connectivity index (χ0n) is 17.1. The Morgan fingerprint density at radius 1 is 1.09 bits per heavy atom. The number of hydrogen-bond donors (Lipinski definition) is 3. The highest BCUT2D eigenvalue weighted by Crippen LogP contribution is 2.30. The van der Waals surface area contributed by atoms with Gasteiger partial charge in [-0.05, 0) is 35.7 Å². The molecule has 2 aromatic heterocycles. The number of alkyl halides is 3. The molecule has 1 atom stereocenters. The number of ether oxygens (including phenoxy) is 1. The van der Waals surface area contributed by atoms with E-state index in [-0.39, 0.29) is 43.6 Å². The van der Waals surface area contributed by atoms with E-state index in [1.54, 1.807) is 5.38 Å². The molecule has 2 amide bonds. The number of benzene rings is 1. The highest BCUT2D eigenvalue weighted by Gasteiger charge is 2.30. The third-order valence-corrected chi connectivity index (χ3v) is 5.90. The predicted octanol–water partition coefficient (Wildman–Crippen LogP) is 3.50. The van der Waals surface area contributed by atoms with Crippen LogP contribution in [0.15, 0.2) is 47.2 Å². The van der Waals surface area contributed by atoms with Gasteiger partial charge in [-0.1, -0.05) is 6.07 Å². The highest BCUT2D eigenvalue weighted by molar-refractivity contribution is 7.14. The number of carbonyl (C=O) groups excluding carboxylic acids is 2. The lowest BCUT2D eigenvalue weighted by atomic mass is 10.2. The second-order valence-electron chi connectivity index (χ2n) is 6.92. The number of nitrogens with one attached hydrogen (secondary N) is 2. The summed E-state index contributed by atoms with van der Waals surface area (Å²) in [5, 5.41) is 19.1. The summed E-state index contributed by atoms with van der Waals surface area (Å²) in [6, 6.07) is 7.82. The first kappa shape index (κ1) is 24.7. The zero-order chi connectivity index (χ0) is 23.8. The van der Waals surface area contributed by atoms with Crippen molar-refractivity contribution in [1.29, 1.82) is 0 Å². The van der Waals surface area contributed by atoms with Gasteiger partial charge >= 0.3 is 6.18 Å². The van der Waals surface area contributed by atoms with Gasteiger partial charge in [0.25, 0.3) is 0 Å². The average Bonchev–Trinajstić information content (AvgIpc) is 3.42. The molecule has 33 heavy (non-hydrogen) atoms. The fraction of sp³-hybridized carbons (Fsp3) is 0.286. The van der Waals surface area contributed by atoms with Crippen molar-refractivity contribution in [3.63, 3.8) is 0 Å². The highest BCUT2D eigenvalue weighted by atomic mass is 32.1. The van der Waals surface area contributed by atoms with Crippen LogP contribution in [0.3, 0.4) is 0 Å². The van der Waals surface area contributed by atoms with Gasteiger partial charge in [0, 0.05) is 16.8 Å². The SMILES string of the molecule is O=C(Cc1csc(NC(=O)Cc2cccs2)n1)NCC(O)COc1ccc(C(F)(F)F)cc1. The van der Waals surface area contributed by atoms with E-state index in [2.05, 4.69) is 15.6 Å². The van der Waals surface area contributed by atoms with Gasteiger partial charge < -0.3 is 20.5 Å². The van der Waals surface area contributed by atoms with Crippen LogP contribution >= 0.6 is 22.7 Å². The molecule has 0 fully saturated rings. The zero-order valence-corrected chi connectivity index (χ0v) is 18.7. The molecule has 3 aromatic rings. The molecule has 3 N–H and O–H groups in total. The fourth-order valence-corrected chi connectivity index (χ4v) is 4.06. The standard InChI is InChI=1S/C21H20F3N3O4S2/c22-21(23,24)13-3-5-16(6-4-13)31-11-15(28)10-25-18(29)8-14-12-33-20(26-14)27-19(30)9-17-2-1-7-32-17/h1-7,12,15,28H,8-11H2,(H,25,29)(H,26,27,30). The molecular formula is C21H20F3N3O4S2. The topological polar surface area (TPSA) is 101 Å². The summed E-state index contributed by atoms with van der Waals surface area (Å²) in [5.41, 5.74) is -0.325. The summed E-state index contributed by atoms with van der Waals surface area (Å²) in [6.45, 7) is -0.309. The first-order valence-corrected chi connectivity index (χ1v) is 11.5. The maximum absolute atomic E-state index is 12.5. The van der Waals surface area contributed by atoms with Gasteiger partial charge in [0.05, 0.1) is 24.1 Å². The normalized spacial score (nSPS) is 12.2. The number of hydrogen-bond acceptors (Lipinski definition) is 7. The first-order valence-electron chi connectivity index (χ1n) is 9.70. The number of thiazole rings is 1. The van der Waals surface area contributed by atoms with Crippen LogP contribution in [0.1, 0.15) is 16.1 Å². The molecule has 1 aromatic carbocycles. The molecule has 0 saturated carbocycles. The minimum absolute atomic E-state index is 0.0379. The summed E-state index contributed by atoms with van der Waals surface area (Å²) in [5.74, 6) is -0.409. The van der Waals surface area contributed by atoms with Gasteiger partial charge in [-0.2, -0.15) is 13.2 Å². The lowest BCUT2D eigenvalue weighted by Gasteiger charge is -2.14. The third kappa shape index (κ3) is 8.15. The van der Waals surface area contributed by atoms with E-state index in [1.807, 2.05) is 17.5 Å². The van der Waals surface area contributed by atoms with Crippen molar-refractivity contribution in [2.24, 2.45) is 0 Å². The van der Waals surface area contributed by atoms with E-state index in [1.165, 1.54) is 22.7 Å². The molecule has 0 aliphatic heterocycles. The predicted molar refractivity (Wildman–Crippen MR) is 118 cm³/mol. The van der Waals surface area contributed by atoms with E-state index in [0.717, 1.165) is 29.1 Å². The Labute approximate surface area is 195 Å². The number of aliphatic hydroxyl groups excluding tert-OH is 1. The Morgan fingerprint density at radius 2 is 1.85 bits per heavy atom. The number of halogens is 3. The Balaban J connectivity index is 1.36. The van der Waals surface area contributed by atoms with Gasteiger partial charge in [0.2, 0.25) is 11.8 Å². The van der Waals surface area contributed by atoms with Gasteiger partial charge in [-0.15, -0.1) is 22.7 Å². The van der Waals surface area contributed by atoms with Crippen LogP contribution in [0, 0.1) is 0 Å². The average molecular weight is 500 g/mol. The Bertz CT molecular complexity index is 1050. The van der Waals surface area contributed by atoms with Crippen molar-refractivity contribution < 1.29 is 32.6 Å². The Morgan fingerprint density at radius 3 is 2.52 bits per heavy atom. The van der Waals surface area contributed by atoms with Crippen LogP contribution < -0.4 is 15.4 Å². The van der Waals surface area contributed by atoms with E-state index in [9.17, 15) is 27.9 Å². The molecule has 176 valence electrons. The lowest BCUT2D eigenvalue weighted by Crippen LogP contribution is -2.36. The first-order chi connectivity index (χ1) is 15.7. The second kappa shape index (κ2) is 11.3. The molecule has 2 heterocycles. The summed E-state index contributed by atoms with van der Waals surface area (Å²) >= 11 is 2.69. The lowest BCUT2D eigenvalue weighted by molar-refractivity contribution is -0.137.